The van der Waals surface area contributed by atoms with Crippen LogP contribution < -0.4 is 14.4 Å². The molecule has 0 aliphatic carbocycles. The first-order chi connectivity index (χ1) is 15.8. The molecule has 33 heavy (non-hydrogen) atoms. The van der Waals surface area contributed by atoms with Crippen molar-refractivity contribution >= 4 is 49.5 Å². The standard InChI is InChI=1S/C23H24Cl2N2O4S2/c1-30-20-5-3-15(12-21(20)31-2)11-17-14-32-23(26-17)27-9-7-18(8-10-27)33(28,29)22-6-4-16(24)13-19(22)25/h3-6,12-14,18H,7-11H2,1-2H3. The number of thiazole rings is 1. The Morgan fingerprint density at radius 3 is 2.45 bits per heavy atom. The van der Waals surface area contributed by atoms with Gasteiger partial charge in [0.05, 0.1) is 35.1 Å². The van der Waals surface area contributed by atoms with Gasteiger partial charge in [-0.2, -0.15) is 0 Å². The van der Waals surface area contributed by atoms with E-state index in [1.165, 1.54) is 12.1 Å². The van der Waals surface area contributed by atoms with Crippen LogP contribution in [-0.4, -0.2) is 46.0 Å². The van der Waals surface area contributed by atoms with Gasteiger partial charge >= 0.3 is 0 Å². The van der Waals surface area contributed by atoms with Crippen molar-refractivity contribution < 1.29 is 17.9 Å². The Labute approximate surface area is 208 Å². The number of sulfone groups is 1. The minimum Gasteiger partial charge on any atom is -0.493 e. The number of anilines is 1. The van der Waals surface area contributed by atoms with E-state index in [9.17, 15) is 8.42 Å². The molecule has 0 atom stereocenters. The van der Waals surface area contributed by atoms with Gasteiger partial charge in [0.15, 0.2) is 26.5 Å². The molecule has 2 aromatic carbocycles. The van der Waals surface area contributed by atoms with E-state index < -0.39 is 15.1 Å². The van der Waals surface area contributed by atoms with Crippen molar-refractivity contribution in [2.75, 3.05) is 32.2 Å². The molecular weight excluding hydrogens is 503 g/mol. The van der Waals surface area contributed by atoms with Crippen molar-refractivity contribution in [3.8, 4) is 11.5 Å². The molecule has 2 heterocycles. The zero-order chi connectivity index (χ0) is 23.6. The van der Waals surface area contributed by atoms with E-state index in [0.29, 0.717) is 48.9 Å². The molecule has 0 bridgehead atoms. The molecular formula is C23H24Cl2N2O4S2. The fraction of sp³-hybridized carbons (Fsp3) is 0.348. The van der Waals surface area contributed by atoms with E-state index in [2.05, 4.69) is 4.90 Å². The molecule has 0 unspecified atom stereocenters. The lowest BCUT2D eigenvalue weighted by molar-refractivity contribution is 0.354. The van der Waals surface area contributed by atoms with Crippen molar-refractivity contribution in [2.45, 2.75) is 29.4 Å². The van der Waals surface area contributed by atoms with Crippen LogP contribution in [0.1, 0.15) is 24.1 Å². The third kappa shape index (κ3) is 5.24. The van der Waals surface area contributed by atoms with Crippen LogP contribution in [0.25, 0.3) is 0 Å². The number of rotatable bonds is 7. The van der Waals surface area contributed by atoms with Crippen molar-refractivity contribution in [3.05, 3.63) is 63.1 Å². The van der Waals surface area contributed by atoms with Crippen LogP contribution in [0, 0.1) is 0 Å². The number of benzene rings is 2. The zero-order valence-corrected chi connectivity index (χ0v) is 21.4. The first-order valence-electron chi connectivity index (χ1n) is 10.4. The molecule has 1 saturated heterocycles. The van der Waals surface area contributed by atoms with Gasteiger partial charge in [0.1, 0.15) is 0 Å². The molecule has 0 spiro atoms. The van der Waals surface area contributed by atoms with Crippen LogP contribution in [0.2, 0.25) is 10.0 Å². The zero-order valence-electron chi connectivity index (χ0n) is 18.3. The van der Waals surface area contributed by atoms with Gasteiger partial charge in [-0.05, 0) is 48.7 Å². The van der Waals surface area contributed by atoms with E-state index >= 15 is 0 Å². The van der Waals surface area contributed by atoms with Crippen LogP contribution in [0.4, 0.5) is 5.13 Å². The highest BCUT2D eigenvalue weighted by Crippen LogP contribution is 2.34. The largest absolute Gasteiger partial charge is 0.493 e. The molecule has 1 aliphatic heterocycles. The van der Waals surface area contributed by atoms with Gasteiger partial charge in [-0.3, -0.25) is 0 Å². The average molecular weight is 527 g/mol. The Balaban J connectivity index is 1.41. The normalized spacial score (nSPS) is 15.0. The second-order valence-corrected chi connectivity index (χ2v) is 11.7. The molecule has 0 radical (unpaired) electrons. The summed E-state index contributed by atoms with van der Waals surface area (Å²) in [6.07, 6.45) is 1.72. The number of ether oxygens (including phenoxy) is 2. The lowest BCUT2D eigenvalue weighted by Crippen LogP contribution is -2.39. The molecule has 1 aliphatic rings. The Bertz CT molecular complexity index is 1240. The second-order valence-electron chi connectivity index (χ2n) is 7.79. The number of piperidine rings is 1. The Morgan fingerprint density at radius 1 is 1.06 bits per heavy atom. The summed E-state index contributed by atoms with van der Waals surface area (Å²) in [4.78, 5) is 7.09. The van der Waals surface area contributed by atoms with Crippen molar-refractivity contribution in [3.63, 3.8) is 0 Å². The molecule has 1 fully saturated rings. The third-order valence-corrected chi connectivity index (χ3v) is 9.65. The Kier molecular flexibility index (Phi) is 7.38. The van der Waals surface area contributed by atoms with Crippen LogP contribution in [0.5, 0.6) is 11.5 Å². The molecule has 6 nitrogen and oxygen atoms in total. The summed E-state index contributed by atoms with van der Waals surface area (Å²) in [5.74, 6) is 1.38. The summed E-state index contributed by atoms with van der Waals surface area (Å²) in [6, 6.07) is 10.4. The predicted molar refractivity (Wildman–Crippen MR) is 133 cm³/mol. The predicted octanol–water partition coefficient (Wildman–Crippen LogP) is 5.50. The molecule has 0 N–H and O–H groups in total. The van der Waals surface area contributed by atoms with Gasteiger partial charge in [-0.25, -0.2) is 13.4 Å². The number of halogens is 2. The summed E-state index contributed by atoms with van der Waals surface area (Å²) in [5, 5.41) is 3.07. The molecule has 176 valence electrons. The van der Waals surface area contributed by atoms with Gasteiger partial charge in [0.2, 0.25) is 0 Å². The molecule has 10 heteroatoms. The van der Waals surface area contributed by atoms with E-state index in [4.69, 9.17) is 37.7 Å². The van der Waals surface area contributed by atoms with Crippen molar-refractivity contribution in [2.24, 2.45) is 0 Å². The summed E-state index contributed by atoms with van der Waals surface area (Å²) in [7, 11) is -0.287. The minimum absolute atomic E-state index is 0.151. The van der Waals surface area contributed by atoms with E-state index in [-0.39, 0.29) is 9.92 Å². The van der Waals surface area contributed by atoms with Gasteiger partial charge in [-0.1, -0.05) is 29.3 Å². The van der Waals surface area contributed by atoms with E-state index in [1.807, 2.05) is 23.6 Å². The highest BCUT2D eigenvalue weighted by molar-refractivity contribution is 7.92. The first kappa shape index (κ1) is 24.1. The fourth-order valence-corrected chi connectivity index (χ4v) is 7.35. The van der Waals surface area contributed by atoms with Crippen molar-refractivity contribution in [1.29, 1.82) is 0 Å². The Morgan fingerprint density at radius 2 is 1.79 bits per heavy atom. The maximum atomic E-state index is 13.1. The number of nitrogens with zero attached hydrogens (tertiary/aromatic N) is 2. The van der Waals surface area contributed by atoms with Crippen molar-refractivity contribution in [1.82, 2.24) is 4.98 Å². The highest BCUT2D eigenvalue weighted by Gasteiger charge is 2.33. The quantitative estimate of drug-likeness (QED) is 0.404. The second kappa shape index (κ2) is 10.1. The summed E-state index contributed by atoms with van der Waals surface area (Å²) in [6.45, 7) is 1.25. The van der Waals surface area contributed by atoms with E-state index in [1.54, 1.807) is 31.6 Å². The SMILES string of the molecule is COc1ccc(Cc2csc(N3CCC(S(=O)(=O)c4ccc(Cl)cc4Cl)CC3)n2)cc1OC. The number of hydrogen-bond acceptors (Lipinski definition) is 7. The molecule has 0 saturated carbocycles. The molecule has 0 amide bonds. The number of aromatic nitrogens is 1. The summed E-state index contributed by atoms with van der Waals surface area (Å²) in [5.41, 5.74) is 2.04. The lowest BCUT2D eigenvalue weighted by atomic mass is 10.1. The van der Waals surface area contributed by atoms with Crippen LogP contribution in [0.15, 0.2) is 46.7 Å². The monoisotopic (exact) mass is 526 g/mol. The van der Waals surface area contributed by atoms with E-state index in [0.717, 1.165) is 16.4 Å². The van der Waals surface area contributed by atoms with Crippen LogP contribution >= 0.6 is 34.5 Å². The van der Waals surface area contributed by atoms with Gasteiger partial charge in [-0.15, -0.1) is 11.3 Å². The molecule has 3 aromatic rings. The smallest absolute Gasteiger partial charge is 0.185 e. The van der Waals surface area contributed by atoms with Gasteiger partial charge in [0, 0.05) is 29.9 Å². The number of hydrogen-bond donors (Lipinski definition) is 0. The average Bonchev–Trinajstić information content (AvgIpc) is 3.27. The van der Waals surface area contributed by atoms with Crippen LogP contribution in [0.3, 0.4) is 0 Å². The maximum absolute atomic E-state index is 13.1. The van der Waals surface area contributed by atoms with Crippen LogP contribution in [-0.2, 0) is 16.3 Å². The number of methoxy groups -OCH3 is 2. The Hall–Kier alpha value is -2.00. The first-order valence-corrected chi connectivity index (χ1v) is 13.6. The molecule has 1 aromatic heterocycles. The summed E-state index contributed by atoms with van der Waals surface area (Å²) >= 11 is 13.7. The molecule has 4 rings (SSSR count). The maximum Gasteiger partial charge on any atom is 0.185 e. The van der Waals surface area contributed by atoms with Gasteiger partial charge < -0.3 is 14.4 Å². The fourth-order valence-electron chi connectivity index (χ4n) is 3.97. The lowest BCUT2D eigenvalue weighted by Gasteiger charge is -2.31. The van der Waals surface area contributed by atoms with Gasteiger partial charge in [0.25, 0.3) is 0 Å². The summed E-state index contributed by atoms with van der Waals surface area (Å²) < 4.78 is 36.9. The minimum atomic E-state index is -3.52. The third-order valence-electron chi connectivity index (χ3n) is 5.72. The topological polar surface area (TPSA) is 68.7 Å². The highest BCUT2D eigenvalue weighted by atomic mass is 35.5.